The second kappa shape index (κ2) is 9.93. The van der Waals surface area contributed by atoms with Gasteiger partial charge in [0.05, 0.1) is 6.61 Å². The molecule has 0 amide bonds. The van der Waals surface area contributed by atoms with Crippen LogP contribution in [0, 0.1) is 0 Å². The SMILES string of the molecule is CCCCOCCOC(=O)C(CC)NC. The molecule has 4 nitrogen and oxygen atoms in total. The van der Waals surface area contributed by atoms with Crippen LogP contribution >= 0.6 is 0 Å². The van der Waals surface area contributed by atoms with Gasteiger partial charge in [-0.15, -0.1) is 0 Å². The van der Waals surface area contributed by atoms with Gasteiger partial charge in [-0.3, -0.25) is 4.79 Å². The summed E-state index contributed by atoms with van der Waals surface area (Å²) >= 11 is 0. The third-order valence-electron chi connectivity index (χ3n) is 2.16. The van der Waals surface area contributed by atoms with E-state index in [0.29, 0.717) is 13.2 Å². The summed E-state index contributed by atoms with van der Waals surface area (Å²) in [4.78, 5) is 11.4. The Bertz CT molecular complexity index is 158. The summed E-state index contributed by atoms with van der Waals surface area (Å²) < 4.78 is 10.3. The van der Waals surface area contributed by atoms with Crippen LogP contribution in [0.1, 0.15) is 33.1 Å². The quantitative estimate of drug-likeness (QED) is 0.468. The molecule has 0 heterocycles. The summed E-state index contributed by atoms with van der Waals surface area (Å²) in [5.74, 6) is -0.195. The number of hydrogen-bond donors (Lipinski definition) is 1. The summed E-state index contributed by atoms with van der Waals surface area (Å²) in [5.41, 5.74) is 0. The second-order valence-electron chi connectivity index (χ2n) is 3.38. The monoisotopic (exact) mass is 217 g/mol. The van der Waals surface area contributed by atoms with Gasteiger partial charge in [0.1, 0.15) is 12.6 Å². The molecule has 4 heteroatoms. The van der Waals surface area contributed by atoms with E-state index in [1.54, 1.807) is 7.05 Å². The lowest BCUT2D eigenvalue weighted by molar-refractivity contribution is -0.147. The Hall–Kier alpha value is -0.610. The van der Waals surface area contributed by atoms with Gasteiger partial charge in [0.2, 0.25) is 0 Å². The van der Waals surface area contributed by atoms with Crippen molar-refractivity contribution < 1.29 is 14.3 Å². The van der Waals surface area contributed by atoms with Crippen molar-refractivity contribution in [2.45, 2.75) is 39.2 Å². The largest absolute Gasteiger partial charge is 0.462 e. The minimum absolute atomic E-state index is 0.194. The molecule has 0 aliphatic rings. The molecule has 15 heavy (non-hydrogen) atoms. The molecule has 0 rings (SSSR count). The van der Waals surface area contributed by atoms with Crippen molar-refractivity contribution in [3.63, 3.8) is 0 Å². The van der Waals surface area contributed by atoms with E-state index in [1.165, 1.54) is 0 Å². The van der Waals surface area contributed by atoms with Crippen LogP contribution in [-0.4, -0.2) is 38.9 Å². The number of ether oxygens (including phenoxy) is 2. The molecule has 1 atom stereocenters. The Morgan fingerprint density at radius 2 is 2.00 bits per heavy atom. The van der Waals surface area contributed by atoms with E-state index in [-0.39, 0.29) is 12.0 Å². The normalized spacial score (nSPS) is 12.5. The zero-order valence-corrected chi connectivity index (χ0v) is 10.0. The average molecular weight is 217 g/mol. The standard InChI is InChI=1S/C11H23NO3/c1-4-6-7-14-8-9-15-11(13)10(5-2)12-3/h10,12H,4-9H2,1-3H3. The Labute approximate surface area is 92.3 Å². The Balaban J connectivity index is 3.38. The number of hydrogen-bond acceptors (Lipinski definition) is 4. The van der Waals surface area contributed by atoms with Gasteiger partial charge < -0.3 is 14.8 Å². The number of carbonyl (C=O) groups is 1. The fraction of sp³-hybridized carbons (Fsp3) is 0.909. The molecular weight excluding hydrogens is 194 g/mol. The predicted molar refractivity (Wildman–Crippen MR) is 59.8 cm³/mol. The number of likely N-dealkylation sites (N-methyl/N-ethyl adjacent to an activating group) is 1. The predicted octanol–water partition coefficient (Wildman–Crippen LogP) is 1.34. The van der Waals surface area contributed by atoms with Crippen LogP contribution in [0.15, 0.2) is 0 Å². The van der Waals surface area contributed by atoms with Crippen LogP contribution in [0.25, 0.3) is 0 Å². The van der Waals surface area contributed by atoms with E-state index in [2.05, 4.69) is 12.2 Å². The van der Waals surface area contributed by atoms with Crippen molar-refractivity contribution in [3.05, 3.63) is 0 Å². The summed E-state index contributed by atoms with van der Waals surface area (Å²) in [6, 6.07) is -0.194. The van der Waals surface area contributed by atoms with Crippen molar-refractivity contribution in [2.24, 2.45) is 0 Å². The minimum Gasteiger partial charge on any atom is -0.462 e. The molecule has 0 fully saturated rings. The maximum Gasteiger partial charge on any atom is 0.323 e. The molecule has 0 saturated heterocycles. The van der Waals surface area contributed by atoms with Gasteiger partial charge in [-0.2, -0.15) is 0 Å². The van der Waals surface area contributed by atoms with E-state index in [4.69, 9.17) is 9.47 Å². The van der Waals surface area contributed by atoms with Gasteiger partial charge >= 0.3 is 5.97 Å². The lowest BCUT2D eigenvalue weighted by Gasteiger charge is -2.12. The molecule has 1 N–H and O–H groups in total. The maximum absolute atomic E-state index is 11.4. The zero-order chi connectivity index (χ0) is 11.5. The third-order valence-corrected chi connectivity index (χ3v) is 2.16. The van der Waals surface area contributed by atoms with Crippen LogP contribution in [0.5, 0.6) is 0 Å². The van der Waals surface area contributed by atoms with Gasteiger partial charge in [0.25, 0.3) is 0 Å². The Morgan fingerprint density at radius 3 is 2.53 bits per heavy atom. The molecule has 0 aliphatic heterocycles. The summed E-state index contributed by atoms with van der Waals surface area (Å²) in [6.07, 6.45) is 2.92. The van der Waals surface area contributed by atoms with E-state index in [9.17, 15) is 4.79 Å². The van der Waals surface area contributed by atoms with Gasteiger partial charge in [-0.1, -0.05) is 20.3 Å². The zero-order valence-electron chi connectivity index (χ0n) is 10.0. The van der Waals surface area contributed by atoms with Gasteiger partial charge in [0.15, 0.2) is 0 Å². The topological polar surface area (TPSA) is 47.6 Å². The number of nitrogens with one attached hydrogen (secondary N) is 1. The maximum atomic E-state index is 11.4. The average Bonchev–Trinajstić information content (AvgIpc) is 2.25. The van der Waals surface area contributed by atoms with Crippen molar-refractivity contribution >= 4 is 5.97 Å². The van der Waals surface area contributed by atoms with Gasteiger partial charge in [-0.25, -0.2) is 0 Å². The number of rotatable bonds is 9. The molecule has 0 aromatic rings. The van der Waals surface area contributed by atoms with Gasteiger partial charge in [-0.05, 0) is 19.9 Å². The highest BCUT2D eigenvalue weighted by Crippen LogP contribution is 1.94. The fourth-order valence-electron chi connectivity index (χ4n) is 1.14. The second-order valence-corrected chi connectivity index (χ2v) is 3.38. The van der Waals surface area contributed by atoms with Crippen molar-refractivity contribution in [1.82, 2.24) is 5.32 Å². The first-order chi connectivity index (χ1) is 7.26. The fourth-order valence-corrected chi connectivity index (χ4v) is 1.14. The highest BCUT2D eigenvalue weighted by atomic mass is 16.6. The summed E-state index contributed by atoms with van der Waals surface area (Å²) in [6.45, 7) is 5.65. The van der Waals surface area contributed by atoms with Crippen molar-refractivity contribution in [3.8, 4) is 0 Å². The van der Waals surface area contributed by atoms with Gasteiger partial charge in [0, 0.05) is 6.61 Å². The first-order valence-electron chi connectivity index (χ1n) is 5.67. The van der Waals surface area contributed by atoms with E-state index < -0.39 is 0 Å². The molecule has 0 bridgehead atoms. The molecule has 90 valence electrons. The summed E-state index contributed by atoms with van der Waals surface area (Å²) in [7, 11) is 1.76. The minimum atomic E-state index is -0.195. The van der Waals surface area contributed by atoms with Crippen LogP contribution in [0.2, 0.25) is 0 Å². The molecule has 0 radical (unpaired) electrons. The first kappa shape index (κ1) is 14.4. The molecule has 0 aliphatic carbocycles. The Morgan fingerprint density at radius 1 is 1.27 bits per heavy atom. The van der Waals surface area contributed by atoms with Crippen LogP contribution in [0.4, 0.5) is 0 Å². The highest BCUT2D eigenvalue weighted by Gasteiger charge is 2.14. The lowest BCUT2D eigenvalue weighted by atomic mass is 10.2. The summed E-state index contributed by atoms with van der Waals surface area (Å²) in [5, 5.41) is 2.90. The van der Waals surface area contributed by atoms with Crippen LogP contribution in [0.3, 0.4) is 0 Å². The van der Waals surface area contributed by atoms with E-state index >= 15 is 0 Å². The smallest absolute Gasteiger partial charge is 0.323 e. The lowest BCUT2D eigenvalue weighted by Crippen LogP contribution is -2.35. The number of unbranched alkanes of at least 4 members (excludes halogenated alkanes) is 1. The number of esters is 1. The molecule has 0 aromatic carbocycles. The van der Waals surface area contributed by atoms with Crippen molar-refractivity contribution in [1.29, 1.82) is 0 Å². The number of carbonyl (C=O) groups excluding carboxylic acids is 1. The van der Waals surface area contributed by atoms with E-state index in [0.717, 1.165) is 25.9 Å². The van der Waals surface area contributed by atoms with Crippen molar-refractivity contribution in [2.75, 3.05) is 26.9 Å². The highest BCUT2D eigenvalue weighted by molar-refractivity contribution is 5.75. The third kappa shape index (κ3) is 7.33. The molecule has 0 spiro atoms. The molecule has 1 unspecified atom stereocenters. The molecule has 0 saturated carbocycles. The van der Waals surface area contributed by atoms with E-state index in [1.807, 2.05) is 6.92 Å². The molecule has 0 aromatic heterocycles. The van der Waals surface area contributed by atoms with Crippen LogP contribution < -0.4 is 5.32 Å². The first-order valence-corrected chi connectivity index (χ1v) is 5.67. The molecular formula is C11H23NO3. The van der Waals surface area contributed by atoms with Crippen LogP contribution in [-0.2, 0) is 14.3 Å². The Kier molecular flexibility index (Phi) is 9.52.